The first-order valence-corrected chi connectivity index (χ1v) is 7.56. The molecular formula is C17H22N2O2. The molecule has 0 bridgehead atoms. The van der Waals surface area contributed by atoms with Crippen molar-refractivity contribution in [3.63, 3.8) is 0 Å². The third-order valence-corrected chi connectivity index (χ3v) is 3.91. The van der Waals surface area contributed by atoms with Crippen molar-refractivity contribution < 1.29 is 9.53 Å². The molecule has 4 nitrogen and oxygen atoms in total. The molecule has 0 heterocycles. The summed E-state index contributed by atoms with van der Waals surface area (Å²) in [4.78, 5) is 14.4. The molecule has 1 amide bonds. The molecule has 1 aliphatic carbocycles. The van der Waals surface area contributed by atoms with E-state index in [4.69, 9.17) is 10.00 Å². The highest BCUT2D eigenvalue weighted by molar-refractivity contribution is 5.78. The highest BCUT2D eigenvalue weighted by Gasteiger charge is 2.28. The minimum Gasteiger partial charge on any atom is -0.484 e. The molecule has 0 aliphatic heterocycles. The molecule has 1 aromatic rings. The third-order valence-electron chi connectivity index (χ3n) is 3.91. The van der Waals surface area contributed by atoms with Gasteiger partial charge in [-0.05, 0) is 51.0 Å². The molecule has 112 valence electrons. The predicted octanol–water partition coefficient (Wildman–Crippen LogP) is 3.12. The van der Waals surface area contributed by atoms with Gasteiger partial charge < -0.3 is 9.64 Å². The van der Waals surface area contributed by atoms with Gasteiger partial charge in [0.25, 0.3) is 5.91 Å². The van der Waals surface area contributed by atoms with Gasteiger partial charge in [0.15, 0.2) is 6.61 Å². The SMILES string of the molecule is CC(C)N(C(=O)COc1ccc(C#N)cc1)C1CCCC1. The summed E-state index contributed by atoms with van der Waals surface area (Å²) in [6.45, 7) is 4.16. The van der Waals surface area contributed by atoms with E-state index in [0.717, 1.165) is 12.8 Å². The van der Waals surface area contributed by atoms with Crippen LogP contribution in [0.25, 0.3) is 0 Å². The standard InChI is InChI=1S/C17H22N2O2/c1-13(2)19(15-5-3-4-6-15)17(20)12-21-16-9-7-14(11-18)8-10-16/h7-10,13,15H,3-6,12H2,1-2H3. The molecule has 0 radical (unpaired) electrons. The molecular weight excluding hydrogens is 264 g/mol. The van der Waals surface area contributed by atoms with Crippen LogP contribution in [0.1, 0.15) is 45.1 Å². The van der Waals surface area contributed by atoms with E-state index in [-0.39, 0.29) is 18.6 Å². The average molecular weight is 286 g/mol. The van der Waals surface area contributed by atoms with Crippen molar-refractivity contribution in [2.24, 2.45) is 0 Å². The second-order valence-corrected chi connectivity index (χ2v) is 5.76. The van der Waals surface area contributed by atoms with Gasteiger partial charge in [-0.25, -0.2) is 0 Å². The Bertz CT molecular complexity index is 511. The summed E-state index contributed by atoms with van der Waals surface area (Å²) in [6.07, 6.45) is 4.61. The summed E-state index contributed by atoms with van der Waals surface area (Å²) in [5.41, 5.74) is 0.587. The van der Waals surface area contributed by atoms with E-state index >= 15 is 0 Å². The van der Waals surface area contributed by atoms with Crippen molar-refractivity contribution in [1.82, 2.24) is 4.90 Å². The maximum absolute atomic E-state index is 12.4. The number of rotatable bonds is 5. The highest BCUT2D eigenvalue weighted by atomic mass is 16.5. The molecule has 4 heteroatoms. The van der Waals surface area contributed by atoms with Crippen molar-refractivity contribution in [2.75, 3.05) is 6.61 Å². The fraction of sp³-hybridized carbons (Fsp3) is 0.529. The van der Waals surface area contributed by atoms with E-state index in [0.29, 0.717) is 17.4 Å². The maximum Gasteiger partial charge on any atom is 0.260 e. The van der Waals surface area contributed by atoms with Gasteiger partial charge in [0.2, 0.25) is 0 Å². The fourth-order valence-corrected chi connectivity index (χ4v) is 2.94. The van der Waals surface area contributed by atoms with Gasteiger partial charge in [0.05, 0.1) is 11.6 Å². The lowest BCUT2D eigenvalue weighted by atomic mass is 10.1. The summed E-state index contributed by atoms with van der Waals surface area (Å²) in [5.74, 6) is 0.665. The van der Waals surface area contributed by atoms with Gasteiger partial charge >= 0.3 is 0 Å². The lowest BCUT2D eigenvalue weighted by Gasteiger charge is -2.32. The second-order valence-electron chi connectivity index (χ2n) is 5.76. The Hall–Kier alpha value is -2.02. The van der Waals surface area contributed by atoms with E-state index in [1.165, 1.54) is 12.8 Å². The largest absolute Gasteiger partial charge is 0.484 e. The Morgan fingerprint density at radius 2 is 1.95 bits per heavy atom. The zero-order valence-corrected chi connectivity index (χ0v) is 12.7. The summed E-state index contributed by atoms with van der Waals surface area (Å²) < 4.78 is 5.56. The molecule has 1 aromatic carbocycles. The number of nitriles is 1. The Balaban J connectivity index is 1.93. The summed E-state index contributed by atoms with van der Waals surface area (Å²) >= 11 is 0. The molecule has 21 heavy (non-hydrogen) atoms. The average Bonchev–Trinajstić information content (AvgIpc) is 2.99. The van der Waals surface area contributed by atoms with Crippen LogP contribution in [0.2, 0.25) is 0 Å². The molecule has 1 aliphatic rings. The van der Waals surface area contributed by atoms with Crippen molar-refractivity contribution in [1.29, 1.82) is 5.26 Å². The molecule has 1 saturated carbocycles. The van der Waals surface area contributed by atoms with Crippen molar-refractivity contribution in [3.8, 4) is 11.8 Å². The molecule has 0 saturated heterocycles. The van der Waals surface area contributed by atoms with Gasteiger partial charge in [-0.1, -0.05) is 12.8 Å². The zero-order chi connectivity index (χ0) is 15.2. The zero-order valence-electron chi connectivity index (χ0n) is 12.7. The van der Waals surface area contributed by atoms with Crippen LogP contribution >= 0.6 is 0 Å². The monoisotopic (exact) mass is 286 g/mol. The third kappa shape index (κ3) is 3.98. The molecule has 0 N–H and O–H groups in total. The van der Waals surface area contributed by atoms with Crippen LogP contribution in [0, 0.1) is 11.3 Å². The van der Waals surface area contributed by atoms with Crippen LogP contribution in [0.4, 0.5) is 0 Å². The number of nitrogens with zero attached hydrogens (tertiary/aromatic N) is 2. The number of ether oxygens (including phenoxy) is 1. The van der Waals surface area contributed by atoms with Gasteiger partial charge in [0.1, 0.15) is 5.75 Å². The summed E-state index contributed by atoms with van der Waals surface area (Å²) in [7, 11) is 0. The first kappa shape index (κ1) is 15.4. The Kier molecular flexibility index (Phi) is 5.21. The predicted molar refractivity (Wildman–Crippen MR) is 80.9 cm³/mol. The van der Waals surface area contributed by atoms with Crippen LogP contribution in [0.15, 0.2) is 24.3 Å². The van der Waals surface area contributed by atoms with E-state index in [1.54, 1.807) is 24.3 Å². The maximum atomic E-state index is 12.4. The lowest BCUT2D eigenvalue weighted by Crippen LogP contribution is -2.45. The number of carbonyl (C=O) groups is 1. The van der Waals surface area contributed by atoms with Gasteiger partial charge in [-0.15, -0.1) is 0 Å². The highest BCUT2D eigenvalue weighted by Crippen LogP contribution is 2.25. The van der Waals surface area contributed by atoms with E-state index in [1.807, 2.05) is 4.90 Å². The van der Waals surface area contributed by atoms with Crippen molar-refractivity contribution >= 4 is 5.91 Å². The number of hydrogen-bond acceptors (Lipinski definition) is 3. The second kappa shape index (κ2) is 7.12. The van der Waals surface area contributed by atoms with Gasteiger partial charge in [-0.3, -0.25) is 4.79 Å². The summed E-state index contributed by atoms with van der Waals surface area (Å²) in [6, 6.07) is 9.45. The van der Waals surface area contributed by atoms with Crippen molar-refractivity contribution in [3.05, 3.63) is 29.8 Å². The van der Waals surface area contributed by atoms with Crippen LogP contribution in [-0.2, 0) is 4.79 Å². The fourth-order valence-electron chi connectivity index (χ4n) is 2.94. The van der Waals surface area contributed by atoms with E-state index in [2.05, 4.69) is 19.9 Å². The Morgan fingerprint density at radius 3 is 2.48 bits per heavy atom. The van der Waals surface area contributed by atoms with Crippen LogP contribution in [0.5, 0.6) is 5.75 Å². The number of carbonyl (C=O) groups excluding carboxylic acids is 1. The minimum atomic E-state index is 0.0428. The van der Waals surface area contributed by atoms with Crippen LogP contribution in [-0.4, -0.2) is 29.5 Å². The first-order chi connectivity index (χ1) is 10.1. The molecule has 2 rings (SSSR count). The first-order valence-electron chi connectivity index (χ1n) is 7.56. The normalized spacial score (nSPS) is 15.0. The number of hydrogen-bond donors (Lipinski definition) is 0. The summed E-state index contributed by atoms with van der Waals surface area (Å²) in [5, 5.41) is 8.75. The van der Waals surface area contributed by atoms with E-state index < -0.39 is 0 Å². The molecule has 1 fully saturated rings. The minimum absolute atomic E-state index is 0.0428. The molecule has 0 atom stereocenters. The lowest BCUT2D eigenvalue weighted by molar-refractivity contribution is -0.137. The van der Waals surface area contributed by atoms with Gasteiger partial charge in [-0.2, -0.15) is 5.26 Å². The van der Waals surface area contributed by atoms with Crippen LogP contribution < -0.4 is 4.74 Å². The smallest absolute Gasteiger partial charge is 0.260 e. The molecule has 0 spiro atoms. The topological polar surface area (TPSA) is 53.3 Å². The Morgan fingerprint density at radius 1 is 1.33 bits per heavy atom. The van der Waals surface area contributed by atoms with Crippen LogP contribution in [0.3, 0.4) is 0 Å². The molecule has 0 aromatic heterocycles. The van der Waals surface area contributed by atoms with E-state index in [9.17, 15) is 4.79 Å². The quantitative estimate of drug-likeness (QED) is 0.835. The molecule has 0 unspecified atom stereocenters. The van der Waals surface area contributed by atoms with Gasteiger partial charge in [0, 0.05) is 12.1 Å². The number of amides is 1. The number of benzene rings is 1. The van der Waals surface area contributed by atoms with Crippen molar-refractivity contribution in [2.45, 2.75) is 51.6 Å². The Labute approximate surface area is 126 Å².